The van der Waals surface area contributed by atoms with Gasteiger partial charge in [0.15, 0.2) is 6.10 Å². The molecule has 2 atom stereocenters. The Bertz CT molecular complexity index is 1070. The summed E-state index contributed by atoms with van der Waals surface area (Å²) < 4.78 is 32.7. The second-order valence-electron chi connectivity index (χ2n) is 13.8. The lowest BCUT2D eigenvalue weighted by Crippen LogP contribution is -2.29. The normalized spacial score (nSPS) is 13.9. The minimum absolute atomic E-state index is 0.0427. The molecule has 0 heterocycles. The van der Waals surface area contributed by atoms with Gasteiger partial charge in [0.2, 0.25) is 0 Å². The van der Waals surface area contributed by atoms with Gasteiger partial charge in [-0.25, -0.2) is 4.57 Å². The van der Waals surface area contributed by atoms with Gasteiger partial charge in [-0.2, -0.15) is 0 Å². The average Bonchev–Trinajstić information content (AvgIpc) is 3.16. The second-order valence-corrected chi connectivity index (χ2v) is 15.3. The Morgan fingerprint density at radius 2 is 0.981 bits per heavy atom. The molecule has 0 saturated heterocycles. The van der Waals surface area contributed by atoms with Gasteiger partial charge in [-0.15, -0.1) is 0 Å². The van der Waals surface area contributed by atoms with Crippen molar-refractivity contribution in [2.75, 3.05) is 26.4 Å². The minimum Gasteiger partial charge on any atom is -0.462 e. The molecule has 0 aliphatic heterocycles. The van der Waals surface area contributed by atoms with Crippen molar-refractivity contribution in [1.29, 1.82) is 0 Å². The Hall–Kier alpha value is -2.29. The van der Waals surface area contributed by atoms with Crippen LogP contribution in [0.25, 0.3) is 0 Å². The summed E-state index contributed by atoms with van der Waals surface area (Å²) >= 11 is 0. The van der Waals surface area contributed by atoms with Crippen molar-refractivity contribution in [3.8, 4) is 0 Å². The molecule has 0 saturated carbocycles. The molecular weight excluding hydrogens is 701 g/mol. The van der Waals surface area contributed by atoms with E-state index in [9.17, 15) is 19.0 Å². The maximum absolute atomic E-state index is 12.6. The summed E-state index contributed by atoms with van der Waals surface area (Å²) in [6, 6.07) is 0. The fraction of sp³-hybridized carbons (Fsp3) is 0.727. The van der Waals surface area contributed by atoms with E-state index in [1.807, 2.05) is 6.08 Å². The van der Waals surface area contributed by atoms with Crippen LogP contribution in [0.4, 0.5) is 0 Å². The highest BCUT2D eigenvalue weighted by Crippen LogP contribution is 2.43. The van der Waals surface area contributed by atoms with E-state index < -0.39 is 32.5 Å². The van der Waals surface area contributed by atoms with E-state index in [-0.39, 0.29) is 32.6 Å². The first-order valence-electron chi connectivity index (χ1n) is 21.3. The average molecular weight is 780 g/mol. The highest BCUT2D eigenvalue weighted by Gasteiger charge is 2.25. The number of phosphoric acid groups is 1. The Balaban J connectivity index is 4.28. The van der Waals surface area contributed by atoms with Crippen molar-refractivity contribution in [1.82, 2.24) is 0 Å². The minimum atomic E-state index is -4.39. The number of hydrogen-bond donors (Lipinski definition) is 2. The van der Waals surface area contributed by atoms with Crippen molar-refractivity contribution in [2.45, 2.75) is 180 Å². The number of ether oxygens (including phenoxy) is 2. The van der Waals surface area contributed by atoms with Crippen LogP contribution in [0.2, 0.25) is 0 Å². The molecule has 9 nitrogen and oxygen atoms in total. The van der Waals surface area contributed by atoms with Crippen LogP contribution in [-0.4, -0.2) is 49.3 Å². The van der Waals surface area contributed by atoms with Crippen molar-refractivity contribution in [3.05, 3.63) is 60.8 Å². The van der Waals surface area contributed by atoms with Crippen LogP contribution in [0.3, 0.4) is 0 Å². The lowest BCUT2D eigenvalue weighted by atomic mass is 10.1. The quantitative estimate of drug-likeness (QED) is 0.0270. The molecule has 0 rings (SSSR count). The zero-order valence-electron chi connectivity index (χ0n) is 34.2. The van der Waals surface area contributed by atoms with E-state index in [0.717, 1.165) is 57.8 Å². The van der Waals surface area contributed by atoms with Crippen molar-refractivity contribution in [3.63, 3.8) is 0 Å². The third kappa shape index (κ3) is 39.4. The molecule has 0 radical (unpaired) electrons. The maximum Gasteiger partial charge on any atom is 0.472 e. The van der Waals surface area contributed by atoms with Crippen LogP contribution in [0.5, 0.6) is 0 Å². The van der Waals surface area contributed by atoms with Gasteiger partial charge in [-0.3, -0.25) is 18.6 Å². The monoisotopic (exact) mass is 780 g/mol. The van der Waals surface area contributed by atoms with E-state index >= 15 is 0 Å². The summed E-state index contributed by atoms with van der Waals surface area (Å²) in [6.45, 7) is 3.62. The lowest BCUT2D eigenvalue weighted by molar-refractivity contribution is -0.161. The topological polar surface area (TPSA) is 134 Å². The van der Waals surface area contributed by atoms with E-state index in [2.05, 4.69) is 68.5 Å². The van der Waals surface area contributed by atoms with Crippen molar-refractivity contribution < 1.29 is 37.6 Å². The van der Waals surface area contributed by atoms with E-state index in [4.69, 9.17) is 24.3 Å². The van der Waals surface area contributed by atoms with Crippen LogP contribution in [-0.2, 0) is 32.7 Å². The first kappa shape index (κ1) is 51.7. The highest BCUT2D eigenvalue weighted by atomic mass is 31.2. The number of esters is 2. The largest absolute Gasteiger partial charge is 0.472 e. The summed E-state index contributed by atoms with van der Waals surface area (Å²) in [6.07, 6.45) is 46.8. The Labute approximate surface area is 329 Å². The zero-order chi connectivity index (χ0) is 39.6. The molecule has 0 aromatic rings. The van der Waals surface area contributed by atoms with Gasteiger partial charge in [0.05, 0.1) is 13.2 Å². The van der Waals surface area contributed by atoms with Crippen LogP contribution in [0.1, 0.15) is 174 Å². The van der Waals surface area contributed by atoms with Crippen LogP contribution in [0, 0.1) is 0 Å². The number of hydrogen-bond acceptors (Lipinski definition) is 8. The summed E-state index contributed by atoms with van der Waals surface area (Å²) in [4.78, 5) is 34.8. The van der Waals surface area contributed by atoms with Crippen LogP contribution >= 0.6 is 7.82 Å². The smallest absolute Gasteiger partial charge is 0.462 e. The Kier molecular flexibility index (Phi) is 38.7. The van der Waals surface area contributed by atoms with Gasteiger partial charge in [-0.1, -0.05) is 145 Å². The van der Waals surface area contributed by atoms with Gasteiger partial charge in [0.1, 0.15) is 6.61 Å². The first-order chi connectivity index (χ1) is 26.3. The molecule has 3 N–H and O–H groups in total. The summed E-state index contributed by atoms with van der Waals surface area (Å²) in [5.74, 6) is -0.907. The molecule has 1 unspecified atom stereocenters. The predicted molar refractivity (Wildman–Crippen MR) is 224 cm³/mol. The Morgan fingerprint density at radius 3 is 1.54 bits per heavy atom. The van der Waals surface area contributed by atoms with Gasteiger partial charge in [0.25, 0.3) is 0 Å². The number of rotatable bonds is 39. The molecular formula is C44H78NO8P. The third-order valence-electron chi connectivity index (χ3n) is 8.63. The van der Waals surface area contributed by atoms with E-state index in [0.29, 0.717) is 12.8 Å². The molecule has 0 aliphatic carbocycles. The van der Waals surface area contributed by atoms with E-state index in [1.165, 1.54) is 77.0 Å². The van der Waals surface area contributed by atoms with Gasteiger partial charge in [0, 0.05) is 19.4 Å². The number of carbonyl (C=O) groups is 2. The SMILES string of the molecule is CCCCC/C=C\C/C=C\C/C=C\C/C=C\CCCC(=O)OC[C@H](COP(=O)(O)OCCN)OC(=O)CCCCCCC/C=C\CCCCCCCCC. The standard InChI is InChI=1S/C44H78NO8P/c1-3-5-7-9-11-13-15-17-19-21-23-24-26-28-30-32-34-36-43(46)50-40-42(41-52-54(48,49)51-39-38-45)53-44(47)37-35-33-31-29-27-25-22-20-18-16-14-12-10-8-6-4-2/h11,13,17,19-20,22-24,28,30,42H,3-10,12,14-16,18,21,25-27,29,31-41,45H2,1-2H3,(H,48,49)/b13-11-,19-17-,22-20-,24-23-,30-28-/t42-/m1/s1. The van der Waals surface area contributed by atoms with Crippen LogP contribution in [0.15, 0.2) is 60.8 Å². The van der Waals surface area contributed by atoms with Crippen molar-refractivity contribution in [2.24, 2.45) is 5.73 Å². The van der Waals surface area contributed by atoms with Gasteiger partial charge in [-0.05, 0) is 77.0 Å². The predicted octanol–water partition coefficient (Wildman–Crippen LogP) is 12.1. The second kappa shape index (κ2) is 40.4. The summed E-state index contributed by atoms with van der Waals surface area (Å²) in [5, 5.41) is 0. The van der Waals surface area contributed by atoms with Gasteiger partial charge < -0.3 is 20.1 Å². The number of nitrogens with two attached hydrogens (primary N) is 1. The number of phosphoric ester groups is 1. The molecule has 54 heavy (non-hydrogen) atoms. The molecule has 0 spiro atoms. The van der Waals surface area contributed by atoms with E-state index in [1.54, 1.807) is 0 Å². The maximum atomic E-state index is 12.6. The molecule has 10 heteroatoms. The lowest BCUT2D eigenvalue weighted by Gasteiger charge is -2.19. The fourth-order valence-corrected chi connectivity index (χ4v) is 6.21. The molecule has 0 aromatic carbocycles. The molecule has 0 fully saturated rings. The van der Waals surface area contributed by atoms with Crippen LogP contribution < -0.4 is 5.73 Å². The fourth-order valence-electron chi connectivity index (χ4n) is 5.44. The van der Waals surface area contributed by atoms with Gasteiger partial charge >= 0.3 is 19.8 Å². The third-order valence-corrected chi connectivity index (χ3v) is 9.61. The number of carbonyl (C=O) groups excluding carboxylic acids is 2. The number of unbranched alkanes of at least 4 members (excludes halogenated alkanes) is 16. The zero-order valence-corrected chi connectivity index (χ0v) is 35.1. The summed E-state index contributed by atoms with van der Waals surface area (Å²) in [5.41, 5.74) is 5.34. The Morgan fingerprint density at radius 1 is 0.556 bits per heavy atom. The highest BCUT2D eigenvalue weighted by molar-refractivity contribution is 7.47. The van der Waals surface area contributed by atoms with Crippen molar-refractivity contribution >= 4 is 19.8 Å². The first-order valence-corrected chi connectivity index (χ1v) is 22.8. The summed E-state index contributed by atoms with van der Waals surface area (Å²) in [7, 11) is -4.39. The molecule has 312 valence electrons. The molecule has 0 bridgehead atoms. The number of allylic oxidation sites excluding steroid dienone is 10. The molecule has 0 aromatic heterocycles. The molecule has 0 aliphatic rings. The molecule has 0 amide bonds.